The van der Waals surface area contributed by atoms with Crippen molar-refractivity contribution >= 4 is 19.8 Å². The van der Waals surface area contributed by atoms with Gasteiger partial charge in [-0.25, -0.2) is 4.57 Å². The van der Waals surface area contributed by atoms with E-state index in [2.05, 4.69) is 123 Å². The molecule has 370 valence electrons. The molecule has 0 amide bonds. The Kier molecular flexibility index (Phi) is 46.0. The minimum absolute atomic E-state index is 0.147. The van der Waals surface area contributed by atoms with E-state index in [0.717, 1.165) is 103 Å². The lowest BCUT2D eigenvalue weighted by molar-refractivity contribution is -0.153. The van der Waals surface area contributed by atoms with Crippen molar-refractivity contribution in [3.05, 3.63) is 109 Å². The molecule has 0 bridgehead atoms. The molecule has 3 N–H and O–H groups in total. The van der Waals surface area contributed by atoms with Crippen LogP contribution in [0, 0.1) is 0 Å². The van der Waals surface area contributed by atoms with E-state index in [-0.39, 0.29) is 12.8 Å². The molecule has 0 spiro atoms. The van der Waals surface area contributed by atoms with E-state index < -0.39 is 58.4 Å². The average Bonchev–Trinajstić information content (AvgIpc) is 3.30. The van der Waals surface area contributed by atoms with Gasteiger partial charge in [0.1, 0.15) is 12.2 Å². The Balaban J connectivity index is 3.93. The van der Waals surface area contributed by atoms with Crippen molar-refractivity contribution in [3.8, 4) is 0 Å². The highest BCUT2D eigenvalue weighted by Gasteiger charge is 2.27. The maximum atomic E-state index is 12.4. The summed E-state index contributed by atoms with van der Waals surface area (Å²) in [5.74, 6) is -1.06. The van der Waals surface area contributed by atoms with E-state index >= 15 is 0 Å². The lowest BCUT2D eigenvalue weighted by Crippen LogP contribution is -2.28. The molecule has 0 saturated carbocycles. The third kappa shape index (κ3) is 46.9. The van der Waals surface area contributed by atoms with E-state index in [9.17, 15) is 29.3 Å². The molecular weight excluding hydrogens is 840 g/mol. The standard InChI is InChI=1S/C54H89O10P/c1-3-5-7-9-11-13-15-17-19-21-23-24-25-26-28-30-32-34-36-38-40-42-44-46-54(58)64-52(48-56)50-62-65(59,60)61-49-51(47-55)63-53(57)45-43-41-39-37-35-33-31-29-27-22-20-18-16-14-12-10-8-6-4-2/h5-8,11-14,17-20,23-24,27,29,33,35,51-52,55-56H,3-4,9-10,15-16,21-22,25-26,28,30-32,34,36-50H2,1-2H3,(H,59,60)/b7-5-,8-6-,13-11-,14-12-,19-17-,20-18-,24-23-,29-27-,35-33-. The number of esters is 2. The van der Waals surface area contributed by atoms with Gasteiger partial charge in [0, 0.05) is 12.8 Å². The second-order valence-corrected chi connectivity index (χ2v) is 17.5. The van der Waals surface area contributed by atoms with Gasteiger partial charge in [0.25, 0.3) is 0 Å². The molecule has 0 aliphatic rings. The number of aliphatic hydroxyl groups is 2. The molecule has 0 aromatic carbocycles. The van der Waals surface area contributed by atoms with Gasteiger partial charge in [-0.05, 0) is 96.3 Å². The molecule has 3 atom stereocenters. The number of hydrogen-bond donors (Lipinski definition) is 3. The van der Waals surface area contributed by atoms with Crippen LogP contribution in [-0.2, 0) is 32.7 Å². The largest absolute Gasteiger partial charge is 0.472 e. The molecule has 65 heavy (non-hydrogen) atoms. The van der Waals surface area contributed by atoms with Crippen molar-refractivity contribution in [1.82, 2.24) is 0 Å². The molecule has 0 aliphatic heterocycles. The average molecular weight is 929 g/mol. The topological polar surface area (TPSA) is 149 Å². The fraction of sp³-hybridized carbons (Fsp3) is 0.630. The number of unbranched alkanes of at least 4 members (excludes halogenated alkanes) is 13. The highest BCUT2D eigenvalue weighted by Crippen LogP contribution is 2.43. The molecular formula is C54H89O10P. The number of hydrogen-bond acceptors (Lipinski definition) is 9. The zero-order valence-electron chi connectivity index (χ0n) is 40.4. The Morgan fingerprint density at radius 1 is 0.415 bits per heavy atom. The number of rotatable bonds is 45. The molecule has 0 aromatic heterocycles. The molecule has 10 nitrogen and oxygen atoms in total. The lowest BCUT2D eigenvalue weighted by Gasteiger charge is -2.20. The second-order valence-electron chi connectivity index (χ2n) is 16.0. The number of carbonyl (C=O) groups excluding carboxylic acids is 2. The SMILES string of the molecule is CC/C=C\C/C=C\C/C=C\C/C=C\C/C=C\CCCCCC(=O)OC(CO)COP(=O)(O)OCC(CO)OC(=O)CCCCCCCCCCCC/C=C\C/C=C\C/C=C\C/C=C\CC. The smallest absolute Gasteiger partial charge is 0.457 e. The Hall–Kier alpha value is -3.37. The van der Waals surface area contributed by atoms with Crippen LogP contribution >= 0.6 is 7.82 Å². The van der Waals surface area contributed by atoms with E-state index in [1.165, 1.54) is 38.5 Å². The van der Waals surface area contributed by atoms with Crippen molar-refractivity contribution in [2.45, 2.75) is 193 Å². The second kappa shape index (κ2) is 48.6. The number of aliphatic hydroxyl groups excluding tert-OH is 2. The third-order valence-corrected chi connectivity index (χ3v) is 10.9. The summed E-state index contributed by atoms with van der Waals surface area (Å²) in [6.07, 6.45) is 62.0. The Morgan fingerprint density at radius 3 is 0.985 bits per heavy atom. The van der Waals surface area contributed by atoms with Crippen LogP contribution in [-0.4, -0.2) is 65.7 Å². The quantitative estimate of drug-likeness (QED) is 0.0233. The first kappa shape index (κ1) is 61.6. The number of allylic oxidation sites excluding steroid dienone is 18. The monoisotopic (exact) mass is 929 g/mol. The molecule has 0 aromatic rings. The molecule has 0 heterocycles. The normalized spacial score (nSPS) is 14.6. The molecule has 0 saturated heterocycles. The Labute approximate surface area is 395 Å². The van der Waals surface area contributed by atoms with Gasteiger partial charge in [0.15, 0.2) is 0 Å². The fourth-order valence-electron chi connectivity index (χ4n) is 6.25. The van der Waals surface area contributed by atoms with Gasteiger partial charge in [-0.3, -0.25) is 18.6 Å². The molecule has 3 unspecified atom stereocenters. The van der Waals surface area contributed by atoms with Crippen molar-refractivity contribution in [3.63, 3.8) is 0 Å². The van der Waals surface area contributed by atoms with Gasteiger partial charge in [-0.2, -0.15) is 0 Å². The van der Waals surface area contributed by atoms with Gasteiger partial charge < -0.3 is 24.6 Å². The fourth-order valence-corrected chi connectivity index (χ4v) is 7.03. The number of phosphoric acid groups is 1. The predicted octanol–water partition coefficient (Wildman–Crippen LogP) is 14.1. The van der Waals surface area contributed by atoms with Crippen LogP contribution in [0.15, 0.2) is 109 Å². The number of ether oxygens (including phenoxy) is 2. The molecule has 11 heteroatoms. The van der Waals surface area contributed by atoms with E-state index in [1.54, 1.807) is 0 Å². The van der Waals surface area contributed by atoms with Crippen LogP contribution in [0.3, 0.4) is 0 Å². The minimum atomic E-state index is -4.66. The molecule has 0 aliphatic carbocycles. The first-order valence-electron chi connectivity index (χ1n) is 24.8. The van der Waals surface area contributed by atoms with E-state index in [0.29, 0.717) is 12.8 Å². The summed E-state index contributed by atoms with van der Waals surface area (Å²) in [7, 11) is -4.66. The summed E-state index contributed by atoms with van der Waals surface area (Å²) in [5.41, 5.74) is 0. The summed E-state index contributed by atoms with van der Waals surface area (Å²) < 4.78 is 32.7. The third-order valence-electron chi connectivity index (χ3n) is 9.98. The number of phosphoric ester groups is 1. The van der Waals surface area contributed by atoms with Gasteiger partial charge >= 0.3 is 19.8 Å². The van der Waals surface area contributed by atoms with Gasteiger partial charge in [-0.1, -0.05) is 181 Å². The van der Waals surface area contributed by atoms with Crippen molar-refractivity contribution in [2.75, 3.05) is 26.4 Å². The van der Waals surface area contributed by atoms with Crippen LogP contribution in [0.2, 0.25) is 0 Å². The van der Waals surface area contributed by atoms with Crippen molar-refractivity contribution < 1.29 is 47.8 Å². The highest BCUT2D eigenvalue weighted by molar-refractivity contribution is 7.47. The maximum absolute atomic E-state index is 12.4. The minimum Gasteiger partial charge on any atom is -0.457 e. The van der Waals surface area contributed by atoms with E-state index in [1.807, 2.05) is 0 Å². The summed E-state index contributed by atoms with van der Waals surface area (Å²) in [6.45, 7) is 1.93. The summed E-state index contributed by atoms with van der Waals surface area (Å²) in [6, 6.07) is 0. The highest BCUT2D eigenvalue weighted by atomic mass is 31.2. The van der Waals surface area contributed by atoms with Crippen LogP contribution in [0.25, 0.3) is 0 Å². The van der Waals surface area contributed by atoms with Crippen LogP contribution < -0.4 is 0 Å². The zero-order valence-corrected chi connectivity index (χ0v) is 41.3. The lowest BCUT2D eigenvalue weighted by atomic mass is 10.0. The number of carbonyl (C=O) groups is 2. The maximum Gasteiger partial charge on any atom is 0.472 e. The first-order valence-corrected chi connectivity index (χ1v) is 26.3. The van der Waals surface area contributed by atoms with Crippen molar-refractivity contribution in [2.24, 2.45) is 0 Å². The summed E-state index contributed by atoms with van der Waals surface area (Å²) in [5, 5.41) is 19.2. The van der Waals surface area contributed by atoms with Gasteiger partial charge in [0.05, 0.1) is 26.4 Å². The predicted molar refractivity (Wildman–Crippen MR) is 269 cm³/mol. The summed E-state index contributed by atoms with van der Waals surface area (Å²) in [4.78, 5) is 34.7. The molecule has 0 fully saturated rings. The van der Waals surface area contributed by atoms with Crippen LogP contribution in [0.5, 0.6) is 0 Å². The van der Waals surface area contributed by atoms with Crippen LogP contribution in [0.4, 0.5) is 0 Å². The van der Waals surface area contributed by atoms with Crippen molar-refractivity contribution in [1.29, 1.82) is 0 Å². The summed E-state index contributed by atoms with van der Waals surface area (Å²) >= 11 is 0. The van der Waals surface area contributed by atoms with E-state index in [4.69, 9.17) is 18.5 Å². The van der Waals surface area contributed by atoms with Gasteiger partial charge in [-0.15, -0.1) is 0 Å². The molecule has 0 radical (unpaired) electrons. The molecule has 0 rings (SSSR count). The Bertz CT molecular complexity index is 1440. The first-order chi connectivity index (χ1) is 31.8. The van der Waals surface area contributed by atoms with Gasteiger partial charge in [0.2, 0.25) is 0 Å². The van der Waals surface area contributed by atoms with Crippen LogP contribution in [0.1, 0.15) is 181 Å². The Morgan fingerprint density at radius 2 is 0.677 bits per heavy atom. The zero-order chi connectivity index (χ0) is 47.6.